The summed E-state index contributed by atoms with van der Waals surface area (Å²) in [5.74, 6) is -3.21. The third kappa shape index (κ3) is 15.8. The van der Waals surface area contributed by atoms with E-state index in [-0.39, 0.29) is 23.9 Å². The maximum atomic E-state index is 13.1. The first-order valence-electron chi connectivity index (χ1n) is 13.6. The van der Waals surface area contributed by atoms with Gasteiger partial charge in [0.05, 0.1) is 24.6 Å². The summed E-state index contributed by atoms with van der Waals surface area (Å²) in [6, 6.07) is 5.44. The van der Waals surface area contributed by atoms with E-state index >= 15 is 0 Å². The SMILES string of the molecule is CC(C)(C)OC=O.CC(C)[C@H](N)C(=O)N[C@H](C(=O)N[C@@H](Cc1ccccc1)[C@@H](O)CC(=O)N[C@@H](C)C(=O)O)C(C)C. The summed E-state index contributed by atoms with van der Waals surface area (Å²) < 4.78 is 4.55. The second-order valence-corrected chi connectivity index (χ2v) is 11.5. The molecule has 12 nitrogen and oxygen atoms in total. The van der Waals surface area contributed by atoms with Gasteiger partial charge in [-0.3, -0.25) is 24.0 Å². The van der Waals surface area contributed by atoms with Crippen molar-refractivity contribution in [2.75, 3.05) is 0 Å². The Hall–Kier alpha value is -3.51. The lowest BCUT2D eigenvalue weighted by Crippen LogP contribution is -2.58. The van der Waals surface area contributed by atoms with E-state index in [4.69, 9.17) is 10.8 Å². The molecule has 0 saturated carbocycles. The van der Waals surface area contributed by atoms with Crippen LogP contribution < -0.4 is 21.7 Å². The summed E-state index contributed by atoms with van der Waals surface area (Å²) in [6.45, 7) is 14.4. The summed E-state index contributed by atoms with van der Waals surface area (Å²) in [5, 5.41) is 27.5. The van der Waals surface area contributed by atoms with Gasteiger partial charge in [-0.1, -0.05) is 58.0 Å². The van der Waals surface area contributed by atoms with Crippen LogP contribution in [0.15, 0.2) is 30.3 Å². The van der Waals surface area contributed by atoms with Gasteiger partial charge in [-0.05, 0) is 51.5 Å². The van der Waals surface area contributed by atoms with E-state index in [1.54, 1.807) is 27.7 Å². The number of carbonyl (C=O) groups is 5. The Balaban J connectivity index is 0.00000201. The van der Waals surface area contributed by atoms with E-state index in [9.17, 15) is 29.1 Å². The molecule has 3 amide bonds. The lowest BCUT2D eigenvalue weighted by atomic mass is 9.96. The van der Waals surface area contributed by atoms with Crippen LogP contribution in [0.4, 0.5) is 0 Å². The van der Waals surface area contributed by atoms with Crippen molar-refractivity contribution in [3.8, 4) is 0 Å². The summed E-state index contributed by atoms with van der Waals surface area (Å²) in [6.07, 6.45) is -1.49. The molecule has 0 heterocycles. The first-order chi connectivity index (χ1) is 18.9. The van der Waals surface area contributed by atoms with Gasteiger partial charge >= 0.3 is 5.97 Å². The zero-order valence-electron chi connectivity index (χ0n) is 25.3. The molecule has 7 N–H and O–H groups in total. The van der Waals surface area contributed by atoms with Crippen LogP contribution in [-0.4, -0.2) is 76.2 Å². The highest BCUT2D eigenvalue weighted by atomic mass is 16.5. The number of benzene rings is 1. The maximum Gasteiger partial charge on any atom is 0.325 e. The minimum atomic E-state index is -1.30. The largest absolute Gasteiger partial charge is 0.480 e. The summed E-state index contributed by atoms with van der Waals surface area (Å²) in [7, 11) is 0. The Morgan fingerprint density at radius 1 is 0.927 bits per heavy atom. The quantitative estimate of drug-likeness (QED) is 0.175. The summed E-state index contributed by atoms with van der Waals surface area (Å²) in [4.78, 5) is 58.4. The Kier molecular flexibility index (Phi) is 16.5. The molecule has 0 bridgehead atoms. The van der Waals surface area contributed by atoms with Gasteiger partial charge in [0, 0.05) is 0 Å². The first kappa shape index (κ1) is 37.5. The zero-order valence-corrected chi connectivity index (χ0v) is 25.3. The molecule has 0 radical (unpaired) electrons. The van der Waals surface area contributed by atoms with Gasteiger partial charge < -0.3 is 36.6 Å². The predicted molar refractivity (Wildman–Crippen MR) is 154 cm³/mol. The number of hydrogen-bond donors (Lipinski definition) is 6. The van der Waals surface area contributed by atoms with E-state index in [0.29, 0.717) is 6.47 Å². The summed E-state index contributed by atoms with van der Waals surface area (Å²) in [5.41, 5.74) is 6.41. The van der Waals surface area contributed by atoms with E-state index in [1.165, 1.54) is 6.92 Å². The number of aliphatic hydroxyl groups is 1. The number of hydrogen-bond acceptors (Lipinski definition) is 8. The molecule has 12 heteroatoms. The molecule has 0 unspecified atom stereocenters. The fraction of sp³-hybridized carbons (Fsp3) is 0.621. The molecule has 5 atom stereocenters. The molecule has 0 aliphatic rings. The van der Waals surface area contributed by atoms with Crippen molar-refractivity contribution in [2.24, 2.45) is 17.6 Å². The predicted octanol–water partition coefficient (Wildman–Crippen LogP) is 1.14. The van der Waals surface area contributed by atoms with Crippen LogP contribution in [0.1, 0.15) is 67.4 Å². The second-order valence-electron chi connectivity index (χ2n) is 11.5. The fourth-order valence-electron chi connectivity index (χ4n) is 3.35. The number of ether oxygens (including phenoxy) is 1. The molecule has 1 aromatic rings. The van der Waals surface area contributed by atoms with Crippen molar-refractivity contribution in [1.29, 1.82) is 0 Å². The third-order valence-electron chi connectivity index (χ3n) is 5.90. The van der Waals surface area contributed by atoms with Crippen molar-refractivity contribution in [1.82, 2.24) is 16.0 Å². The normalized spacial score (nSPS) is 14.8. The number of nitrogens with two attached hydrogens (primary N) is 1. The first-order valence-corrected chi connectivity index (χ1v) is 13.6. The number of carboxylic acid groups (broad SMARTS) is 1. The van der Waals surface area contributed by atoms with Crippen LogP contribution in [0.2, 0.25) is 0 Å². The van der Waals surface area contributed by atoms with Crippen molar-refractivity contribution < 1.29 is 38.9 Å². The number of amides is 3. The van der Waals surface area contributed by atoms with Crippen LogP contribution in [0, 0.1) is 11.8 Å². The van der Waals surface area contributed by atoms with Gasteiger partial charge in [0.1, 0.15) is 17.7 Å². The van der Waals surface area contributed by atoms with Gasteiger partial charge in [-0.2, -0.15) is 0 Å². The molecule has 0 saturated heterocycles. The van der Waals surface area contributed by atoms with Crippen LogP contribution >= 0.6 is 0 Å². The molecule has 0 fully saturated rings. The minimum Gasteiger partial charge on any atom is -0.480 e. The zero-order chi connectivity index (χ0) is 31.9. The van der Waals surface area contributed by atoms with E-state index in [0.717, 1.165) is 5.56 Å². The Morgan fingerprint density at radius 3 is 1.90 bits per heavy atom. The molecule has 0 aliphatic heterocycles. The highest BCUT2D eigenvalue weighted by Gasteiger charge is 2.31. The monoisotopic (exact) mass is 580 g/mol. The van der Waals surface area contributed by atoms with Gasteiger partial charge in [-0.25, -0.2) is 0 Å². The van der Waals surface area contributed by atoms with Crippen LogP contribution in [0.25, 0.3) is 0 Å². The van der Waals surface area contributed by atoms with E-state index in [2.05, 4.69) is 20.7 Å². The topological polar surface area (TPSA) is 197 Å². The number of nitrogens with one attached hydrogen (secondary N) is 3. The van der Waals surface area contributed by atoms with Crippen molar-refractivity contribution in [3.63, 3.8) is 0 Å². The van der Waals surface area contributed by atoms with Crippen molar-refractivity contribution in [2.45, 2.75) is 104 Å². The van der Waals surface area contributed by atoms with Crippen molar-refractivity contribution >= 4 is 30.2 Å². The number of aliphatic carboxylic acids is 1. The Bertz CT molecular complexity index is 979. The molecular formula is C29H48N4O8. The highest BCUT2D eigenvalue weighted by Crippen LogP contribution is 2.12. The second kappa shape index (κ2) is 18.0. The van der Waals surface area contributed by atoms with Gasteiger partial charge in [0.2, 0.25) is 17.7 Å². The average Bonchev–Trinajstić information content (AvgIpc) is 2.85. The van der Waals surface area contributed by atoms with Crippen LogP contribution in [0.5, 0.6) is 0 Å². The molecule has 232 valence electrons. The standard InChI is InChI=1S/C24H38N4O6.C5H10O2/c1-13(2)20(25)22(31)28-21(14(3)4)23(32)27-17(11-16-9-7-6-8-10-16)18(29)12-19(30)26-15(5)24(33)34;1-5(2,3)7-4-6/h6-10,13-15,17-18,20-21,29H,11-12,25H2,1-5H3,(H,26,30)(H,27,32)(H,28,31)(H,33,34);4H,1-3H3/t15-,17-,18-,20-,21-;/m0./s1. The Morgan fingerprint density at radius 2 is 1.49 bits per heavy atom. The lowest BCUT2D eigenvalue weighted by molar-refractivity contribution is -0.141. The third-order valence-corrected chi connectivity index (χ3v) is 5.90. The van der Waals surface area contributed by atoms with Gasteiger partial charge in [0.25, 0.3) is 6.47 Å². The molecule has 41 heavy (non-hydrogen) atoms. The van der Waals surface area contributed by atoms with E-state index < -0.39 is 60.4 Å². The van der Waals surface area contributed by atoms with Crippen LogP contribution in [-0.2, 0) is 35.1 Å². The van der Waals surface area contributed by atoms with Crippen LogP contribution in [0.3, 0.4) is 0 Å². The van der Waals surface area contributed by atoms with Crippen molar-refractivity contribution in [3.05, 3.63) is 35.9 Å². The molecule has 0 aromatic heterocycles. The summed E-state index contributed by atoms with van der Waals surface area (Å²) >= 11 is 0. The van der Waals surface area contributed by atoms with Gasteiger partial charge in [0.15, 0.2) is 0 Å². The molecule has 0 spiro atoms. The number of rotatable bonds is 14. The molecule has 0 aliphatic carbocycles. The maximum absolute atomic E-state index is 13.1. The molecule has 1 rings (SSSR count). The molecular weight excluding hydrogens is 532 g/mol. The smallest absolute Gasteiger partial charge is 0.325 e. The molecule has 1 aromatic carbocycles. The average molecular weight is 581 g/mol. The lowest BCUT2D eigenvalue weighted by Gasteiger charge is -2.29. The number of aliphatic hydroxyl groups excluding tert-OH is 1. The van der Waals surface area contributed by atoms with Gasteiger partial charge in [-0.15, -0.1) is 0 Å². The minimum absolute atomic E-state index is 0.116. The fourth-order valence-corrected chi connectivity index (χ4v) is 3.35. The van der Waals surface area contributed by atoms with E-state index in [1.807, 2.05) is 51.1 Å². The number of carbonyl (C=O) groups excluding carboxylic acids is 4. The highest BCUT2D eigenvalue weighted by molar-refractivity contribution is 5.90. The Labute approximate surface area is 242 Å². The number of carboxylic acids is 1.